The van der Waals surface area contributed by atoms with Crippen molar-refractivity contribution in [3.05, 3.63) is 41.1 Å². The molecule has 1 fully saturated rings. The molecule has 0 amide bonds. The second-order valence-corrected chi connectivity index (χ2v) is 5.58. The molecular formula is C16H18ClNO2. The minimum absolute atomic E-state index is 0.254. The van der Waals surface area contributed by atoms with E-state index < -0.39 is 0 Å². The van der Waals surface area contributed by atoms with Crippen molar-refractivity contribution in [2.45, 2.75) is 25.9 Å². The summed E-state index contributed by atoms with van der Waals surface area (Å²) in [5, 5.41) is 4.05. The number of rotatable bonds is 3. The lowest BCUT2D eigenvalue weighted by molar-refractivity contribution is 0.162. The Bertz CT molecular complexity index is 574. The highest BCUT2D eigenvalue weighted by atomic mass is 35.5. The van der Waals surface area contributed by atoms with E-state index in [1.54, 1.807) is 6.26 Å². The summed E-state index contributed by atoms with van der Waals surface area (Å²) >= 11 is 6.17. The first-order valence-corrected chi connectivity index (χ1v) is 7.33. The highest BCUT2D eigenvalue weighted by Gasteiger charge is 2.19. The maximum absolute atomic E-state index is 6.24. The van der Waals surface area contributed by atoms with Crippen molar-refractivity contribution in [3.63, 3.8) is 0 Å². The highest BCUT2D eigenvalue weighted by molar-refractivity contribution is 6.31. The molecule has 3 rings (SSSR count). The number of piperidine rings is 1. The third-order valence-corrected chi connectivity index (χ3v) is 3.81. The maximum atomic E-state index is 6.24. The highest BCUT2D eigenvalue weighted by Crippen LogP contribution is 2.37. The van der Waals surface area contributed by atoms with Gasteiger partial charge in [0.1, 0.15) is 17.6 Å². The average Bonchev–Trinajstić information content (AvgIpc) is 2.96. The molecule has 20 heavy (non-hydrogen) atoms. The van der Waals surface area contributed by atoms with Crippen molar-refractivity contribution in [1.29, 1.82) is 0 Å². The largest absolute Gasteiger partial charge is 0.489 e. The van der Waals surface area contributed by atoms with Crippen LogP contribution in [0, 0.1) is 6.92 Å². The minimum atomic E-state index is 0.254. The summed E-state index contributed by atoms with van der Waals surface area (Å²) in [5.74, 6) is 1.68. The molecule has 3 nitrogen and oxygen atoms in total. The summed E-state index contributed by atoms with van der Waals surface area (Å²) < 4.78 is 11.7. The van der Waals surface area contributed by atoms with Crippen LogP contribution in [0.25, 0.3) is 11.3 Å². The van der Waals surface area contributed by atoms with E-state index >= 15 is 0 Å². The van der Waals surface area contributed by atoms with Gasteiger partial charge < -0.3 is 14.5 Å². The summed E-state index contributed by atoms with van der Waals surface area (Å²) in [6.07, 6.45) is 3.98. The van der Waals surface area contributed by atoms with E-state index in [0.29, 0.717) is 5.02 Å². The molecule has 1 aromatic carbocycles. The van der Waals surface area contributed by atoms with E-state index in [2.05, 4.69) is 5.32 Å². The van der Waals surface area contributed by atoms with Crippen LogP contribution < -0.4 is 10.1 Å². The molecule has 0 radical (unpaired) electrons. The molecule has 1 aliphatic heterocycles. The van der Waals surface area contributed by atoms with Gasteiger partial charge in [-0.1, -0.05) is 11.6 Å². The Morgan fingerprint density at radius 2 is 2.10 bits per heavy atom. The van der Waals surface area contributed by atoms with E-state index in [4.69, 9.17) is 20.8 Å². The second-order valence-electron chi connectivity index (χ2n) is 5.14. The lowest BCUT2D eigenvalue weighted by Gasteiger charge is -2.25. The molecular weight excluding hydrogens is 274 g/mol. The van der Waals surface area contributed by atoms with E-state index in [1.165, 1.54) is 0 Å². The van der Waals surface area contributed by atoms with Gasteiger partial charge in [-0.25, -0.2) is 0 Å². The van der Waals surface area contributed by atoms with Gasteiger partial charge in [0.25, 0.3) is 0 Å². The topological polar surface area (TPSA) is 34.4 Å². The Labute approximate surface area is 123 Å². The summed E-state index contributed by atoms with van der Waals surface area (Å²) in [4.78, 5) is 0. The first-order valence-electron chi connectivity index (χ1n) is 6.95. The number of nitrogens with one attached hydrogen (secondary N) is 1. The molecule has 0 unspecified atom stereocenters. The van der Waals surface area contributed by atoms with E-state index in [9.17, 15) is 0 Å². The monoisotopic (exact) mass is 291 g/mol. The lowest BCUT2D eigenvalue weighted by Crippen LogP contribution is -2.34. The number of halogens is 1. The molecule has 1 aliphatic rings. The fourth-order valence-electron chi connectivity index (χ4n) is 2.58. The summed E-state index contributed by atoms with van der Waals surface area (Å²) in [6.45, 7) is 4.04. The van der Waals surface area contributed by atoms with Crippen LogP contribution in [0.1, 0.15) is 18.4 Å². The third-order valence-electron chi connectivity index (χ3n) is 3.60. The molecule has 0 bridgehead atoms. The van der Waals surface area contributed by atoms with Crippen LogP contribution >= 0.6 is 11.6 Å². The Morgan fingerprint density at radius 1 is 1.30 bits per heavy atom. The number of aryl methyl sites for hydroxylation is 1. The number of hydrogen-bond acceptors (Lipinski definition) is 3. The van der Waals surface area contributed by atoms with Crippen LogP contribution in [0.2, 0.25) is 5.02 Å². The first kappa shape index (κ1) is 13.5. The Balaban J connectivity index is 1.95. The predicted molar refractivity (Wildman–Crippen MR) is 80.4 cm³/mol. The summed E-state index contributed by atoms with van der Waals surface area (Å²) in [5.41, 5.74) is 1.97. The van der Waals surface area contributed by atoms with Gasteiger partial charge in [-0.3, -0.25) is 0 Å². The lowest BCUT2D eigenvalue weighted by atomic mass is 10.1. The van der Waals surface area contributed by atoms with Gasteiger partial charge >= 0.3 is 0 Å². The normalized spacial score (nSPS) is 16.3. The standard InChI is InChI=1S/C16H18ClNO2/c1-11-9-12(17)10-14(15-3-2-8-19-15)16(11)20-13-4-6-18-7-5-13/h2-3,8-10,13,18H,4-7H2,1H3. The fraction of sp³-hybridized carbons (Fsp3) is 0.375. The Kier molecular flexibility index (Phi) is 3.99. The SMILES string of the molecule is Cc1cc(Cl)cc(-c2ccco2)c1OC1CCNCC1. The zero-order chi connectivity index (χ0) is 13.9. The van der Waals surface area contributed by atoms with E-state index in [-0.39, 0.29) is 6.10 Å². The van der Waals surface area contributed by atoms with Crippen LogP contribution in [0.5, 0.6) is 5.75 Å². The summed E-state index contributed by atoms with van der Waals surface area (Å²) in [7, 11) is 0. The van der Waals surface area contributed by atoms with Gasteiger partial charge in [-0.05, 0) is 62.7 Å². The molecule has 2 heterocycles. The molecule has 0 atom stereocenters. The van der Waals surface area contributed by atoms with Gasteiger partial charge in [0, 0.05) is 5.02 Å². The molecule has 4 heteroatoms. The van der Waals surface area contributed by atoms with Gasteiger partial charge in [-0.2, -0.15) is 0 Å². The second kappa shape index (κ2) is 5.90. The van der Waals surface area contributed by atoms with Gasteiger partial charge in [0.15, 0.2) is 0 Å². The molecule has 2 aromatic rings. The Hall–Kier alpha value is -1.45. The molecule has 0 saturated carbocycles. The smallest absolute Gasteiger partial charge is 0.137 e. The van der Waals surface area contributed by atoms with Crippen molar-refractivity contribution in [3.8, 4) is 17.1 Å². The minimum Gasteiger partial charge on any atom is -0.489 e. The van der Waals surface area contributed by atoms with Gasteiger partial charge in [0.2, 0.25) is 0 Å². The fourth-order valence-corrected chi connectivity index (χ4v) is 2.85. The zero-order valence-electron chi connectivity index (χ0n) is 11.5. The van der Waals surface area contributed by atoms with Crippen molar-refractivity contribution in [1.82, 2.24) is 5.32 Å². The molecule has 106 valence electrons. The van der Waals surface area contributed by atoms with Crippen LogP contribution in [-0.2, 0) is 0 Å². The quantitative estimate of drug-likeness (QED) is 0.927. The van der Waals surface area contributed by atoms with E-state index in [0.717, 1.165) is 48.6 Å². The Morgan fingerprint density at radius 3 is 2.80 bits per heavy atom. The summed E-state index contributed by atoms with van der Waals surface area (Å²) in [6, 6.07) is 7.65. The van der Waals surface area contributed by atoms with Crippen molar-refractivity contribution in [2.24, 2.45) is 0 Å². The van der Waals surface area contributed by atoms with Crippen LogP contribution in [0.3, 0.4) is 0 Å². The number of hydrogen-bond donors (Lipinski definition) is 1. The predicted octanol–water partition coefficient (Wildman–Crippen LogP) is 4.04. The average molecular weight is 292 g/mol. The number of ether oxygens (including phenoxy) is 1. The van der Waals surface area contributed by atoms with Crippen LogP contribution in [-0.4, -0.2) is 19.2 Å². The van der Waals surface area contributed by atoms with E-state index in [1.807, 2.05) is 31.2 Å². The number of furan rings is 1. The van der Waals surface area contributed by atoms with Gasteiger partial charge in [-0.15, -0.1) is 0 Å². The molecule has 1 N–H and O–H groups in total. The van der Waals surface area contributed by atoms with Gasteiger partial charge in [0.05, 0.1) is 11.8 Å². The van der Waals surface area contributed by atoms with Crippen molar-refractivity contribution < 1.29 is 9.15 Å². The van der Waals surface area contributed by atoms with Crippen LogP contribution in [0.4, 0.5) is 0 Å². The zero-order valence-corrected chi connectivity index (χ0v) is 12.2. The molecule has 1 saturated heterocycles. The molecule has 0 spiro atoms. The molecule has 0 aliphatic carbocycles. The van der Waals surface area contributed by atoms with Crippen molar-refractivity contribution in [2.75, 3.05) is 13.1 Å². The first-order chi connectivity index (χ1) is 9.74. The van der Waals surface area contributed by atoms with Crippen LogP contribution in [0.15, 0.2) is 34.9 Å². The third kappa shape index (κ3) is 2.84. The van der Waals surface area contributed by atoms with Crippen molar-refractivity contribution >= 4 is 11.6 Å². The molecule has 1 aromatic heterocycles. The maximum Gasteiger partial charge on any atom is 0.137 e. The number of benzene rings is 1.